The molecule has 1 aromatic heterocycles. The van der Waals surface area contributed by atoms with Gasteiger partial charge in [0, 0.05) is 18.7 Å². The van der Waals surface area contributed by atoms with E-state index in [9.17, 15) is 0 Å². The van der Waals surface area contributed by atoms with Crippen molar-refractivity contribution in [2.24, 2.45) is 0 Å². The van der Waals surface area contributed by atoms with Gasteiger partial charge in [0.15, 0.2) is 0 Å². The Labute approximate surface area is 108 Å². The van der Waals surface area contributed by atoms with Gasteiger partial charge < -0.3 is 4.74 Å². The van der Waals surface area contributed by atoms with Crippen LogP contribution in [0.25, 0.3) is 0 Å². The SMILES string of the molecule is CC(C)c1cc(Cl)nc(CC2CCCCO2)n1. The second-order valence-electron chi connectivity index (χ2n) is 4.88. The Morgan fingerprint density at radius 2 is 2.24 bits per heavy atom. The third-order valence-electron chi connectivity index (χ3n) is 3.04. The third kappa shape index (κ3) is 3.65. The normalized spacial score (nSPS) is 20.8. The van der Waals surface area contributed by atoms with Gasteiger partial charge in [0.2, 0.25) is 0 Å². The van der Waals surface area contributed by atoms with Gasteiger partial charge in [-0.05, 0) is 31.2 Å². The monoisotopic (exact) mass is 254 g/mol. The van der Waals surface area contributed by atoms with Crippen LogP contribution in [-0.4, -0.2) is 22.7 Å². The standard InChI is InChI=1S/C13H19ClN2O/c1-9(2)11-8-12(14)16-13(15-11)7-10-5-3-4-6-17-10/h8-10H,3-7H2,1-2H3. The van der Waals surface area contributed by atoms with Crippen LogP contribution in [0.3, 0.4) is 0 Å². The van der Waals surface area contributed by atoms with E-state index in [4.69, 9.17) is 16.3 Å². The van der Waals surface area contributed by atoms with Crippen molar-refractivity contribution in [3.8, 4) is 0 Å². The van der Waals surface area contributed by atoms with E-state index < -0.39 is 0 Å². The lowest BCUT2D eigenvalue weighted by Gasteiger charge is -2.22. The first kappa shape index (κ1) is 12.8. The molecule has 4 heteroatoms. The topological polar surface area (TPSA) is 35.0 Å². The zero-order valence-corrected chi connectivity index (χ0v) is 11.2. The van der Waals surface area contributed by atoms with Gasteiger partial charge in [-0.2, -0.15) is 0 Å². The van der Waals surface area contributed by atoms with Crippen LogP contribution in [0, 0.1) is 0 Å². The van der Waals surface area contributed by atoms with E-state index in [0.717, 1.165) is 31.0 Å². The summed E-state index contributed by atoms with van der Waals surface area (Å²) < 4.78 is 5.70. The van der Waals surface area contributed by atoms with Crippen molar-refractivity contribution < 1.29 is 4.74 Å². The van der Waals surface area contributed by atoms with Crippen LogP contribution in [0.4, 0.5) is 0 Å². The second-order valence-corrected chi connectivity index (χ2v) is 5.27. The summed E-state index contributed by atoms with van der Waals surface area (Å²) in [5.41, 5.74) is 1.01. The molecule has 1 aromatic rings. The Morgan fingerprint density at radius 3 is 2.88 bits per heavy atom. The van der Waals surface area contributed by atoms with Crippen LogP contribution < -0.4 is 0 Å². The Hall–Kier alpha value is -0.670. The number of rotatable bonds is 3. The van der Waals surface area contributed by atoms with Gasteiger partial charge in [0.25, 0.3) is 0 Å². The van der Waals surface area contributed by atoms with Gasteiger partial charge in [0.1, 0.15) is 11.0 Å². The van der Waals surface area contributed by atoms with E-state index in [2.05, 4.69) is 23.8 Å². The van der Waals surface area contributed by atoms with Crippen LogP contribution >= 0.6 is 11.6 Å². The molecule has 94 valence electrons. The molecule has 0 aromatic carbocycles. The van der Waals surface area contributed by atoms with Gasteiger partial charge in [-0.3, -0.25) is 0 Å². The van der Waals surface area contributed by atoms with Crippen LogP contribution in [-0.2, 0) is 11.2 Å². The molecular weight excluding hydrogens is 236 g/mol. The zero-order valence-electron chi connectivity index (χ0n) is 10.4. The molecule has 0 N–H and O–H groups in total. The maximum absolute atomic E-state index is 6.02. The van der Waals surface area contributed by atoms with Crippen molar-refractivity contribution >= 4 is 11.6 Å². The fourth-order valence-corrected chi connectivity index (χ4v) is 2.25. The predicted molar refractivity (Wildman–Crippen MR) is 68.4 cm³/mol. The number of hydrogen-bond acceptors (Lipinski definition) is 3. The summed E-state index contributed by atoms with van der Waals surface area (Å²) in [6, 6.07) is 1.84. The number of hydrogen-bond donors (Lipinski definition) is 0. The molecular formula is C13H19ClN2O. The summed E-state index contributed by atoms with van der Waals surface area (Å²) in [7, 11) is 0. The Morgan fingerprint density at radius 1 is 1.41 bits per heavy atom. The summed E-state index contributed by atoms with van der Waals surface area (Å²) in [5, 5.41) is 0.537. The van der Waals surface area contributed by atoms with Crippen molar-refractivity contribution in [3.63, 3.8) is 0 Å². The first-order chi connectivity index (χ1) is 8.15. The zero-order chi connectivity index (χ0) is 12.3. The largest absolute Gasteiger partial charge is 0.378 e. The lowest BCUT2D eigenvalue weighted by molar-refractivity contribution is 0.0156. The maximum atomic E-state index is 6.02. The van der Waals surface area contributed by atoms with E-state index >= 15 is 0 Å². The minimum absolute atomic E-state index is 0.266. The van der Waals surface area contributed by atoms with E-state index in [1.165, 1.54) is 12.8 Å². The molecule has 0 bridgehead atoms. The van der Waals surface area contributed by atoms with Crippen molar-refractivity contribution in [1.82, 2.24) is 9.97 Å². The molecule has 2 heterocycles. The lowest BCUT2D eigenvalue weighted by atomic mass is 10.1. The number of halogens is 1. The van der Waals surface area contributed by atoms with Crippen LogP contribution in [0.5, 0.6) is 0 Å². The molecule has 1 aliphatic rings. The lowest BCUT2D eigenvalue weighted by Crippen LogP contribution is -2.22. The quantitative estimate of drug-likeness (QED) is 0.776. The van der Waals surface area contributed by atoms with Gasteiger partial charge in [0.05, 0.1) is 6.10 Å². The molecule has 1 fully saturated rings. The summed E-state index contributed by atoms with van der Waals surface area (Å²) >= 11 is 6.02. The highest BCUT2D eigenvalue weighted by molar-refractivity contribution is 6.29. The number of nitrogens with zero attached hydrogens (tertiary/aromatic N) is 2. The Kier molecular flexibility index (Phi) is 4.35. The molecule has 17 heavy (non-hydrogen) atoms. The van der Waals surface area contributed by atoms with E-state index in [1.807, 2.05) is 6.07 Å². The van der Waals surface area contributed by atoms with E-state index in [-0.39, 0.29) is 6.10 Å². The highest BCUT2D eigenvalue weighted by Crippen LogP contribution is 2.19. The van der Waals surface area contributed by atoms with E-state index in [0.29, 0.717) is 11.1 Å². The highest BCUT2D eigenvalue weighted by Gasteiger charge is 2.17. The number of ether oxygens (including phenoxy) is 1. The molecule has 1 atom stereocenters. The fourth-order valence-electron chi connectivity index (χ4n) is 2.04. The van der Waals surface area contributed by atoms with E-state index in [1.54, 1.807) is 0 Å². The average molecular weight is 255 g/mol. The predicted octanol–water partition coefficient (Wildman–Crippen LogP) is 3.37. The third-order valence-corrected chi connectivity index (χ3v) is 3.23. The maximum Gasteiger partial charge on any atom is 0.133 e. The smallest absolute Gasteiger partial charge is 0.133 e. The van der Waals surface area contributed by atoms with Crippen molar-refractivity contribution in [2.75, 3.05) is 6.61 Å². The van der Waals surface area contributed by atoms with Crippen LogP contribution in [0.15, 0.2) is 6.07 Å². The minimum Gasteiger partial charge on any atom is -0.378 e. The van der Waals surface area contributed by atoms with Crippen molar-refractivity contribution in [3.05, 3.63) is 22.7 Å². The molecule has 1 aliphatic heterocycles. The first-order valence-electron chi connectivity index (χ1n) is 6.30. The molecule has 0 saturated carbocycles. The summed E-state index contributed by atoms with van der Waals surface area (Å²) in [4.78, 5) is 8.84. The molecule has 0 amide bonds. The summed E-state index contributed by atoms with van der Waals surface area (Å²) in [6.07, 6.45) is 4.56. The van der Waals surface area contributed by atoms with Crippen LogP contribution in [0.1, 0.15) is 50.5 Å². The van der Waals surface area contributed by atoms with Crippen molar-refractivity contribution in [2.45, 2.75) is 51.6 Å². The molecule has 0 radical (unpaired) electrons. The van der Waals surface area contributed by atoms with Crippen LogP contribution in [0.2, 0.25) is 5.15 Å². The minimum atomic E-state index is 0.266. The van der Waals surface area contributed by atoms with Crippen molar-refractivity contribution in [1.29, 1.82) is 0 Å². The summed E-state index contributed by atoms with van der Waals surface area (Å²) in [5.74, 6) is 1.19. The van der Waals surface area contributed by atoms with Gasteiger partial charge in [-0.25, -0.2) is 9.97 Å². The second kappa shape index (κ2) is 5.78. The Balaban J connectivity index is 2.09. The van der Waals surface area contributed by atoms with Gasteiger partial charge >= 0.3 is 0 Å². The molecule has 0 spiro atoms. The fraction of sp³-hybridized carbons (Fsp3) is 0.692. The Bertz CT molecular complexity index is 376. The molecule has 3 nitrogen and oxygen atoms in total. The average Bonchev–Trinajstić information content (AvgIpc) is 2.29. The highest BCUT2D eigenvalue weighted by atomic mass is 35.5. The number of aromatic nitrogens is 2. The molecule has 0 aliphatic carbocycles. The molecule has 1 unspecified atom stereocenters. The van der Waals surface area contributed by atoms with Gasteiger partial charge in [-0.15, -0.1) is 0 Å². The van der Waals surface area contributed by atoms with Gasteiger partial charge in [-0.1, -0.05) is 25.4 Å². The summed E-state index contributed by atoms with van der Waals surface area (Å²) in [6.45, 7) is 5.08. The molecule has 1 saturated heterocycles. The first-order valence-corrected chi connectivity index (χ1v) is 6.68. The molecule has 2 rings (SSSR count).